The molecule has 0 bridgehead atoms. The molecule has 1 rings (SSSR count). The fraction of sp³-hybridized carbons (Fsp3) is 0.769. The highest BCUT2D eigenvalue weighted by Crippen LogP contribution is 2.22. The number of thioether (sulfide) groups is 1. The molecule has 3 N–H and O–H groups in total. The van der Waals surface area contributed by atoms with Crippen molar-refractivity contribution in [2.45, 2.75) is 62.9 Å². The smallest absolute Gasteiger partial charge is 0.237 e. The third-order valence-corrected chi connectivity index (χ3v) is 4.97. The summed E-state index contributed by atoms with van der Waals surface area (Å²) >= 11 is 3.16. The minimum Gasteiger partial charge on any atom is -0.368 e. The molecule has 0 aliphatic carbocycles. The van der Waals surface area contributed by atoms with E-state index in [0.29, 0.717) is 0 Å². The van der Waals surface area contributed by atoms with Crippen LogP contribution in [0.3, 0.4) is 0 Å². The van der Waals surface area contributed by atoms with Crippen molar-refractivity contribution >= 4 is 29.2 Å². The van der Waals surface area contributed by atoms with E-state index in [1.165, 1.54) is 11.5 Å². The van der Waals surface area contributed by atoms with E-state index in [4.69, 9.17) is 5.73 Å². The van der Waals surface area contributed by atoms with Crippen molar-refractivity contribution in [1.82, 2.24) is 14.7 Å². The number of rotatable bonds is 9. The van der Waals surface area contributed by atoms with E-state index in [2.05, 4.69) is 14.7 Å². The quantitative estimate of drug-likeness (QED) is 0.540. The maximum absolute atomic E-state index is 11.6. The average Bonchev–Trinajstić information content (AvgIpc) is 2.73. The van der Waals surface area contributed by atoms with Gasteiger partial charge in [-0.15, -0.1) is 0 Å². The van der Waals surface area contributed by atoms with Gasteiger partial charge in [-0.3, -0.25) is 4.79 Å². The first kappa shape index (κ1) is 17.4. The number of nitrogens with zero attached hydrogens (tertiary/aromatic N) is 2. The number of unbranched alkanes of at least 4 members (excludes halogenated alkanes) is 1. The molecule has 0 fully saturated rings. The maximum atomic E-state index is 11.6. The molecule has 0 aromatic carbocycles. The van der Waals surface area contributed by atoms with Crippen LogP contribution in [-0.4, -0.2) is 32.6 Å². The number of nitrogens with two attached hydrogens (primary N) is 1. The van der Waals surface area contributed by atoms with Crippen molar-refractivity contribution in [3.8, 4) is 0 Å². The number of hydrogen-bond acceptors (Lipinski definition) is 6. The van der Waals surface area contributed by atoms with Crippen molar-refractivity contribution in [3.63, 3.8) is 0 Å². The lowest BCUT2D eigenvalue weighted by molar-refractivity contribution is -0.124. The molecule has 114 valence electrons. The van der Waals surface area contributed by atoms with Crippen LogP contribution in [0.5, 0.6) is 0 Å². The fourth-order valence-corrected chi connectivity index (χ4v) is 3.70. The average molecular weight is 316 g/mol. The first-order valence-corrected chi connectivity index (χ1v) is 8.60. The molecule has 5 nitrogen and oxygen atoms in total. The first-order valence-electron chi connectivity index (χ1n) is 6.84. The van der Waals surface area contributed by atoms with Gasteiger partial charge in [0.25, 0.3) is 0 Å². The highest BCUT2D eigenvalue weighted by atomic mass is 32.2. The van der Waals surface area contributed by atoms with Gasteiger partial charge in [0, 0.05) is 11.8 Å². The van der Waals surface area contributed by atoms with Gasteiger partial charge in [0.2, 0.25) is 5.91 Å². The Kier molecular flexibility index (Phi) is 6.91. The summed E-state index contributed by atoms with van der Waals surface area (Å²) in [5, 5.41) is 3.27. The van der Waals surface area contributed by atoms with Gasteiger partial charge < -0.3 is 11.1 Å². The van der Waals surface area contributed by atoms with Crippen molar-refractivity contribution in [3.05, 3.63) is 5.82 Å². The van der Waals surface area contributed by atoms with Gasteiger partial charge in [-0.1, -0.05) is 18.2 Å². The summed E-state index contributed by atoms with van der Waals surface area (Å²) in [5.41, 5.74) is 4.89. The van der Waals surface area contributed by atoms with E-state index < -0.39 is 5.54 Å². The second-order valence-corrected chi connectivity index (χ2v) is 7.50. The topological polar surface area (TPSA) is 80.9 Å². The van der Waals surface area contributed by atoms with Crippen molar-refractivity contribution < 1.29 is 4.79 Å². The molecule has 1 amide bonds. The van der Waals surface area contributed by atoms with Crippen LogP contribution >= 0.6 is 23.3 Å². The van der Waals surface area contributed by atoms with E-state index in [1.54, 1.807) is 11.8 Å². The van der Waals surface area contributed by atoms with Crippen LogP contribution < -0.4 is 11.1 Å². The lowest BCUT2D eigenvalue weighted by Gasteiger charge is -2.29. The van der Waals surface area contributed by atoms with Gasteiger partial charge in [0.1, 0.15) is 5.82 Å². The molecule has 0 saturated heterocycles. The molecule has 1 atom stereocenters. The predicted molar refractivity (Wildman–Crippen MR) is 85.1 cm³/mol. The number of carbonyl (C=O) groups excluding carboxylic acids is 1. The summed E-state index contributed by atoms with van der Waals surface area (Å²) in [7, 11) is 0. The Morgan fingerprint density at radius 2 is 2.20 bits per heavy atom. The molecule has 0 spiro atoms. The molecule has 1 heterocycles. The third kappa shape index (κ3) is 5.76. The van der Waals surface area contributed by atoms with Crippen LogP contribution in [0.1, 0.15) is 45.9 Å². The normalized spacial score (nSPS) is 14.4. The molecule has 1 unspecified atom stereocenters. The number of aromatic nitrogens is 2. The Morgan fingerprint density at radius 3 is 2.70 bits per heavy atom. The molecule has 7 heteroatoms. The second kappa shape index (κ2) is 7.95. The molecular formula is C13H24N4OS2. The number of nitrogens with one attached hydrogen (secondary N) is 1. The zero-order valence-corrected chi connectivity index (χ0v) is 14.2. The number of aryl methyl sites for hydroxylation is 1. The number of primary amides is 1. The molecular weight excluding hydrogens is 292 g/mol. The molecule has 20 heavy (non-hydrogen) atoms. The fourth-order valence-electron chi connectivity index (χ4n) is 1.98. The van der Waals surface area contributed by atoms with Crippen LogP contribution in [0.15, 0.2) is 4.34 Å². The van der Waals surface area contributed by atoms with Gasteiger partial charge >= 0.3 is 0 Å². The summed E-state index contributed by atoms with van der Waals surface area (Å²) < 4.78 is 5.16. The summed E-state index contributed by atoms with van der Waals surface area (Å²) in [6, 6.07) is 0.242. The molecule has 0 saturated carbocycles. The van der Waals surface area contributed by atoms with Gasteiger partial charge in [-0.25, -0.2) is 4.98 Å². The molecule has 1 aromatic heterocycles. The number of carbonyl (C=O) groups is 1. The minimum absolute atomic E-state index is 0.242. The van der Waals surface area contributed by atoms with E-state index in [-0.39, 0.29) is 11.9 Å². The largest absolute Gasteiger partial charge is 0.368 e. The van der Waals surface area contributed by atoms with Gasteiger partial charge in [0.05, 0.1) is 5.54 Å². The number of amides is 1. The van der Waals surface area contributed by atoms with Crippen LogP contribution in [0.4, 0.5) is 0 Å². The SMILES string of the molecule is Cc1nsc(SCCCCC(C)(NC(C)C)C(N)=O)n1. The van der Waals surface area contributed by atoms with Crippen molar-refractivity contribution in [1.29, 1.82) is 0 Å². The Morgan fingerprint density at radius 1 is 1.50 bits per heavy atom. The van der Waals surface area contributed by atoms with Crippen LogP contribution in [0, 0.1) is 6.92 Å². The predicted octanol–water partition coefficient (Wildman–Crippen LogP) is 2.35. The van der Waals surface area contributed by atoms with Gasteiger partial charge in [-0.05, 0) is 52.1 Å². The van der Waals surface area contributed by atoms with E-state index >= 15 is 0 Å². The zero-order chi connectivity index (χ0) is 15.2. The minimum atomic E-state index is -0.613. The van der Waals surface area contributed by atoms with Crippen LogP contribution in [0.25, 0.3) is 0 Å². The third-order valence-electron chi connectivity index (χ3n) is 2.96. The molecule has 0 radical (unpaired) electrons. The molecule has 0 aliphatic rings. The summed E-state index contributed by atoms with van der Waals surface area (Å²) in [4.78, 5) is 15.9. The van der Waals surface area contributed by atoms with E-state index in [1.807, 2.05) is 27.7 Å². The summed E-state index contributed by atoms with van der Waals surface area (Å²) in [6.45, 7) is 7.83. The lowest BCUT2D eigenvalue weighted by atomic mass is 9.93. The van der Waals surface area contributed by atoms with E-state index in [9.17, 15) is 4.79 Å². The Balaban J connectivity index is 2.29. The molecule has 1 aromatic rings. The summed E-state index contributed by atoms with van der Waals surface area (Å²) in [6.07, 6.45) is 2.76. The maximum Gasteiger partial charge on any atom is 0.237 e. The van der Waals surface area contributed by atoms with Crippen molar-refractivity contribution in [2.24, 2.45) is 5.73 Å². The van der Waals surface area contributed by atoms with Gasteiger partial charge in [0.15, 0.2) is 4.34 Å². The highest BCUT2D eigenvalue weighted by Gasteiger charge is 2.30. The van der Waals surface area contributed by atoms with Crippen LogP contribution in [-0.2, 0) is 4.79 Å². The lowest BCUT2D eigenvalue weighted by Crippen LogP contribution is -2.55. The van der Waals surface area contributed by atoms with Crippen molar-refractivity contribution in [2.75, 3.05) is 5.75 Å². The Hall–Kier alpha value is -0.660. The standard InChI is InChI=1S/C13H24N4OS2/c1-9(2)16-13(4,11(14)18)7-5-6-8-19-12-15-10(3)17-20-12/h9,16H,5-8H2,1-4H3,(H2,14,18). The van der Waals surface area contributed by atoms with Crippen LogP contribution in [0.2, 0.25) is 0 Å². The highest BCUT2D eigenvalue weighted by molar-refractivity contribution is 8.00. The first-order chi connectivity index (χ1) is 9.33. The molecule has 0 aliphatic heterocycles. The van der Waals surface area contributed by atoms with E-state index in [0.717, 1.165) is 35.2 Å². The zero-order valence-electron chi connectivity index (χ0n) is 12.6. The summed E-state index contributed by atoms with van der Waals surface area (Å²) in [5.74, 6) is 1.55. The second-order valence-electron chi connectivity index (χ2n) is 5.41. The number of hydrogen-bond donors (Lipinski definition) is 2. The Labute approximate surface area is 129 Å². The Bertz CT molecular complexity index is 436. The van der Waals surface area contributed by atoms with Gasteiger partial charge in [-0.2, -0.15) is 4.37 Å². The monoisotopic (exact) mass is 316 g/mol.